The molecule has 108 valence electrons. The SMILES string of the molecule is Cc1c(C(CN)N(C)CC2CCOCC2)cnn1C. The summed E-state index contributed by atoms with van der Waals surface area (Å²) in [5, 5.41) is 4.33. The van der Waals surface area contributed by atoms with Crippen molar-refractivity contribution in [2.24, 2.45) is 18.7 Å². The summed E-state index contributed by atoms with van der Waals surface area (Å²) in [5.74, 6) is 0.727. The average Bonchev–Trinajstić information content (AvgIpc) is 2.73. The van der Waals surface area contributed by atoms with Crippen LogP contribution < -0.4 is 5.73 Å². The maximum atomic E-state index is 5.99. The van der Waals surface area contributed by atoms with E-state index in [-0.39, 0.29) is 6.04 Å². The monoisotopic (exact) mass is 266 g/mol. The van der Waals surface area contributed by atoms with Crippen LogP contribution in [0.2, 0.25) is 0 Å². The molecule has 2 rings (SSSR count). The fraction of sp³-hybridized carbons (Fsp3) is 0.786. The lowest BCUT2D eigenvalue weighted by molar-refractivity contribution is 0.0507. The number of rotatable bonds is 5. The third-order valence-electron chi connectivity index (χ3n) is 4.27. The average molecular weight is 266 g/mol. The van der Waals surface area contributed by atoms with Crippen molar-refractivity contribution in [1.29, 1.82) is 0 Å². The van der Waals surface area contributed by atoms with Gasteiger partial charge in [-0.05, 0) is 32.7 Å². The zero-order chi connectivity index (χ0) is 13.8. The van der Waals surface area contributed by atoms with Crippen molar-refractivity contribution < 1.29 is 4.74 Å². The predicted octanol–water partition coefficient (Wildman–Crippen LogP) is 1.09. The van der Waals surface area contributed by atoms with E-state index in [9.17, 15) is 0 Å². The number of ether oxygens (including phenoxy) is 1. The van der Waals surface area contributed by atoms with E-state index in [2.05, 4.69) is 24.0 Å². The lowest BCUT2D eigenvalue weighted by Gasteiger charge is -2.32. The van der Waals surface area contributed by atoms with Crippen molar-refractivity contribution in [3.05, 3.63) is 17.5 Å². The minimum Gasteiger partial charge on any atom is -0.381 e. The molecule has 2 heterocycles. The number of hydrogen-bond donors (Lipinski definition) is 1. The fourth-order valence-electron chi connectivity index (χ4n) is 2.85. The zero-order valence-corrected chi connectivity index (χ0v) is 12.3. The summed E-state index contributed by atoms with van der Waals surface area (Å²) in [7, 11) is 4.14. The Labute approximate surface area is 115 Å². The molecule has 1 fully saturated rings. The second-order valence-corrected chi connectivity index (χ2v) is 5.56. The highest BCUT2D eigenvalue weighted by Gasteiger charge is 2.23. The Morgan fingerprint density at radius 2 is 2.21 bits per heavy atom. The van der Waals surface area contributed by atoms with Gasteiger partial charge < -0.3 is 10.5 Å². The van der Waals surface area contributed by atoms with Gasteiger partial charge in [-0.2, -0.15) is 5.10 Å². The molecule has 1 aliphatic rings. The van der Waals surface area contributed by atoms with Crippen LogP contribution in [0.5, 0.6) is 0 Å². The number of hydrogen-bond acceptors (Lipinski definition) is 4. The molecule has 1 aromatic rings. The van der Waals surface area contributed by atoms with Crippen LogP contribution in [0, 0.1) is 12.8 Å². The van der Waals surface area contributed by atoms with E-state index >= 15 is 0 Å². The molecule has 0 radical (unpaired) electrons. The van der Waals surface area contributed by atoms with E-state index in [1.807, 2.05) is 17.9 Å². The quantitative estimate of drug-likeness (QED) is 0.866. The molecule has 1 aliphatic heterocycles. The minimum absolute atomic E-state index is 0.261. The second-order valence-electron chi connectivity index (χ2n) is 5.56. The molecule has 1 unspecified atom stereocenters. The predicted molar refractivity (Wildman–Crippen MR) is 75.9 cm³/mol. The van der Waals surface area contributed by atoms with Crippen molar-refractivity contribution >= 4 is 0 Å². The zero-order valence-electron chi connectivity index (χ0n) is 12.3. The lowest BCUT2D eigenvalue weighted by atomic mass is 9.98. The fourth-order valence-corrected chi connectivity index (χ4v) is 2.85. The Bertz CT molecular complexity index is 398. The van der Waals surface area contributed by atoms with Gasteiger partial charge in [0, 0.05) is 44.6 Å². The van der Waals surface area contributed by atoms with Crippen LogP contribution in [0.15, 0.2) is 6.20 Å². The molecule has 0 aromatic carbocycles. The molecule has 0 aliphatic carbocycles. The highest BCUT2D eigenvalue weighted by atomic mass is 16.5. The van der Waals surface area contributed by atoms with Crippen LogP contribution in [0.1, 0.15) is 30.1 Å². The third kappa shape index (κ3) is 3.35. The largest absolute Gasteiger partial charge is 0.381 e. The first-order chi connectivity index (χ1) is 9.13. The summed E-state index contributed by atoms with van der Waals surface area (Å²) in [6.07, 6.45) is 4.27. The van der Waals surface area contributed by atoms with E-state index in [0.717, 1.165) is 38.5 Å². The van der Waals surface area contributed by atoms with Crippen molar-refractivity contribution in [3.63, 3.8) is 0 Å². The molecule has 0 amide bonds. The molecule has 1 aromatic heterocycles. The van der Waals surface area contributed by atoms with E-state index in [4.69, 9.17) is 10.5 Å². The number of likely N-dealkylation sites (N-methyl/N-ethyl adjacent to an activating group) is 1. The number of nitrogens with zero attached hydrogens (tertiary/aromatic N) is 3. The van der Waals surface area contributed by atoms with Gasteiger partial charge in [-0.25, -0.2) is 0 Å². The Hall–Kier alpha value is -0.910. The summed E-state index contributed by atoms with van der Waals surface area (Å²) in [6, 6.07) is 0.261. The summed E-state index contributed by atoms with van der Waals surface area (Å²) < 4.78 is 7.34. The maximum Gasteiger partial charge on any atom is 0.0540 e. The van der Waals surface area contributed by atoms with Gasteiger partial charge in [0.05, 0.1) is 12.2 Å². The maximum absolute atomic E-state index is 5.99. The topological polar surface area (TPSA) is 56.3 Å². The molecule has 5 nitrogen and oxygen atoms in total. The number of aryl methyl sites for hydroxylation is 1. The van der Waals surface area contributed by atoms with Gasteiger partial charge in [0.2, 0.25) is 0 Å². The van der Waals surface area contributed by atoms with Crippen molar-refractivity contribution in [1.82, 2.24) is 14.7 Å². The van der Waals surface area contributed by atoms with Gasteiger partial charge in [0.25, 0.3) is 0 Å². The van der Waals surface area contributed by atoms with Gasteiger partial charge in [0.1, 0.15) is 0 Å². The highest BCUT2D eigenvalue weighted by Crippen LogP contribution is 2.24. The minimum atomic E-state index is 0.261. The third-order valence-corrected chi connectivity index (χ3v) is 4.27. The molecule has 5 heteroatoms. The first-order valence-corrected chi connectivity index (χ1v) is 7.10. The van der Waals surface area contributed by atoms with E-state index < -0.39 is 0 Å². The Kier molecular flexibility index (Phi) is 4.96. The number of nitrogens with two attached hydrogens (primary N) is 1. The van der Waals surface area contributed by atoms with Gasteiger partial charge in [0.15, 0.2) is 0 Å². The van der Waals surface area contributed by atoms with Crippen molar-refractivity contribution in [2.45, 2.75) is 25.8 Å². The molecule has 0 bridgehead atoms. The van der Waals surface area contributed by atoms with Crippen molar-refractivity contribution in [3.8, 4) is 0 Å². The molecule has 0 saturated carbocycles. The van der Waals surface area contributed by atoms with E-state index in [1.165, 1.54) is 11.3 Å². The molecule has 2 N–H and O–H groups in total. The van der Waals surface area contributed by atoms with Crippen LogP contribution in [0.25, 0.3) is 0 Å². The van der Waals surface area contributed by atoms with Gasteiger partial charge in [-0.15, -0.1) is 0 Å². The van der Waals surface area contributed by atoms with E-state index in [1.54, 1.807) is 0 Å². The molecular formula is C14H26N4O. The number of aromatic nitrogens is 2. The summed E-state index contributed by atoms with van der Waals surface area (Å²) in [4.78, 5) is 2.38. The highest BCUT2D eigenvalue weighted by molar-refractivity contribution is 5.21. The molecule has 19 heavy (non-hydrogen) atoms. The molecular weight excluding hydrogens is 240 g/mol. The van der Waals surface area contributed by atoms with Crippen molar-refractivity contribution in [2.75, 3.05) is 33.4 Å². The first kappa shape index (κ1) is 14.5. The second kappa shape index (κ2) is 6.50. The molecule has 0 spiro atoms. The van der Waals surface area contributed by atoms with Crippen LogP contribution >= 0.6 is 0 Å². The standard InChI is InChI=1S/C14H26N4O/c1-11-13(9-16-18(11)3)14(8-15)17(2)10-12-4-6-19-7-5-12/h9,12,14H,4-8,10,15H2,1-3H3. The van der Waals surface area contributed by atoms with E-state index in [0.29, 0.717) is 6.54 Å². The van der Waals surface area contributed by atoms with Crippen LogP contribution in [-0.4, -0.2) is 48.0 Å². The Balaban J connectivity index is 2.02. The van der Waals surface area contributed by atoms with Gasteiger partial charge in [-0.3, -0.25) is 9.58 Å². The lowest BCUT2D eigenvalue weighted by Crippen LogP contribution is -2.36. The van der Waals surface area contributed by atoms with Crippen LogP contribution in [0.3, 0.4) is 0 Å². The Morgan fingerprint density at radius 1 is 1.53 bits per heavy atom. The Morgan fingerprint density at radius 3 is 2.74 bits per heavy atom. The van der Waals surface area contributed by atoms with Crippen LogP contribution in [0.4, 0.5) is 0 Å². The molecule has 1 atom stereocenters. The first-order valence-electron chi connectivity index (χ1n) is 7.10. The molecule has 1 saturated heterocycles. The summed E-state index contributed by atoms with van der Waals surface area (Å²) in [5.41, 5.74) is 8.44. The summed E-state index contributed by atoms with van der Waals surface area (Å²) in [6.45, 7) is 5.62. The summed E-state index contributed by atoms with van der Waals surface area (Å²) >= 11 is 0. The van der Waals surface area contributed by atoms with Crippen LogP contribution in [-0.2, 0) is 11.8 Å². The van der Waals surface area contributed by atoms with Gasteiger partial charge in [-0.1, -0.05) is 0 Å². The van der Waals surface area contributed by atoms with Gasteiger partial charge >= 0.3 is 0 Å². The normalized spacial score (nSPS) is 19.0. The smallest absolute Gasteiger partial charge is 0.0540 e.